The Kier molecular flexibility index (Phi) is 5.78. The third kappa shape index (κ3) is 4.08. The minimum absolute atomic E-state index is 0.155. The summed E-state index contributed by atoms with van der Waals surface area (Å²) in [6.45, 7) is 7.16. The van der Waals surface area contributed by atoms with Crippen molar-refractivity contribution in [1.29, 1.82) is 0 Å². The van der Waals surface area contributed by atoms with E-state index in [2.05, 4.69) is 29.2 Å². The molecule has 2 atom stereocenters. The molecule has 0 saturated carbocycles. The largest absolute Gasteiger partial charge is 0.459 e. The van der Waals surface area contributed by atoms with Crippen LogP contribution in [0.2, 0.25) is 0 Å². The van der Waals surface area contributed by atoms with Crippen LogP contribution in [0, 0.1) is 3.57 Å². The van der Waals surface area contributed by atoms with Gasteiger partial charge in [-0.3, -0.25) is 0 Å². The summed E-state index contributed by atoms with van der Waals surface area (Å²) in [5.74, 6) is -0.671. The van der Waals surface area contributed by atoms with Crippen LogP contribution < -0.4 is 0 Å². The molecule has 2 nitrogen and oxygen atoms in total. The molecule has 0 aliphatic carbocycles. The highest BCUT2D eigenvalue weighted by atomic mass is 127. The first kappa shape index (κ1) is 15.1. The standard InChI is InChI=1S/C14H16FIO2/c1-4-9(2)18-14(17)10(3)13(15)11-6-5-7-12(16)8-11/h5-9,13H,3-4H2,1-2H3. The van der Waals surface area contributed by atoms with Crippen molar-refractivity contribution in [2.75, 3.05) is 0 Å². The summed E-state index contributed by atoms with van der Waals surface area (Å²) in [6, 6.07) is 6.93. The lowest BCUT2D eigenvalue weighted by Crippen LogP contribution is -2.17. The van der Waals surface area contributed by atoms with Gasteiger partial charge in [-0.05, 0) is 53.6 Å². The average Bonchev–Trinajstić information content (AvgIpc) is 2.36. The zero-order chi connectivity index (χ0) is 13.7. The highest BCUT2D eigenvalue weighted by Crippen LogP contribution is 2.27. The molecule has 4 heteroatoms. The monoisotopic (exact) mass is 362 g/mol. The molecule has 0 heterocycles. The van der Waals surface area contributed by atoms with Crippen molar-refractivity contribution in [2.24, 2.45) is 0 Å². The summed E-state index contributed by atoms with van der Waals surface area (Å²) in [5.41, 5.74) is 0.269. The zero-order valence-electron chi connectivity index (χ0n) is 10.5. The van der Waals surface area contributed by atoms with Crippen molar-refractivity contribution in [1.82, 2.24) is 0 Å². The summed E-state index contributed by atoms with van der Waals surface area (Å²) in [5, 5.41) is 0. The summed E-state index contributed by atoms with van der Waals surface area (Å²) < 4.78 is 20.1. The molecule has 0 fully saturated rings. The topological polar surface area (TPSA) is 26.3 Å². The van der Waals surface area contributed by atoms with Crippen molar-refractivity contribution < 1.29 is 13.9 Å². The molecule has 0 radical (unpaired) electrons. The number of benzene rings is 1. The van der Waals surface area contributed by atoms with Gasteiger partial charge in [0.1, 0.15) is 0 Å². The number of halogens is 2. The van der Waals surface area contributed by atoms with Gasteiger partial charge in [0.2, 0.25) is 0 Å². The van der Waals surface area contributed by atoms with Crippen molar-refractivity contribution in [3.63, 3.8) is 0 Å². The molecule has 1 aromatic carbocycles. The number of alkyl halides is 1. The lowest BCUT2D eigenvalue weighted by atomic mass is 10.0. The molecule has 2 unspecified atom stereocenters. The Morgan fingerprint density at radius 2 is 2.22 bits per heavy atom. The second kappa shape index (κ2) is 6.87. The van der Waals surface area contributed by atoms with Gasteiger partial charge in [-0.25, -0.2) is 9.18 Å². The minimum atomic E-state index is -1.52. The summed E-state index contributed by atoms with van der Waals surface area (Å²) >= 11 is 2.09. The number of hydrogen-bond acceptors (Lipinski definition) is 2. The van der Waals surface area contributed by atoms with Gasteiger partial charge in [0.25, 0.3) is 0 Å². The first-order chi connectivity index (χ1) is 8.45. The van der Waals surface area contributed by atoms with Crippen LogP contribution >= 0.6 is 22.6 Å². The highest BCUT2D eigenvalue weighted by Gasteiger charge is 2.22. The maximum Gasteiger partial charge on any atom is 0.336 e. The smallest absolute Gasteiger partial charge is 0.336 e. The van der Waals surface area contributed by atoms with Crippen LogP contribution in [0.1, 0.15) is 32.0 Å². The van der Waals surface area contributed by atoms with E-state index in [-0.39, 0.29) is 11.7 Å². The van der Waals surface area contributed by atoms with Gasteiger partial charge in [0.15, 0.2) is 6.17 Å². The number of rotatable bonds is 5. The van der Waals surface area contributed by atoms with Gasteiger partial charge in [-0.2, -0.15) is 0 Å². The second-order valence-corrected chi connectivity index (χ2v) is 5.31. The lowest BCUT2D eigenvalue weighted by molar-refractivity contribution is -0.144. The number of esters is 1. The van der Waals surface area contributed by atoms with Crippen LogP contribution in [0.25, 0.3) is 0 Å². The van der Waals surface area contributed by atoms with E-state index in [1.54, 1.807) is 25.1 Å². The van der Waals surface area contributed by atoms with Crippen LogP contribution in [0.4, 0.5) is 4.39 Å². The van der Waals surface area contributed by atoms with E-state index in [1.165, 1.54) is 0 Å². The third-order valence-corrected chi connectivity index (χ3v) is 3.26. The van der Waals surface area contributed by atoms with E-state index in [9.17, 15) is 9.18 Å². The normalized spacial score (nSPS) is 13.8. The number of carbonyl (C=O) groups is 1. The Morgan fingerprint density at radius 1 is 1.56 bits per heavy atom. The number of ether oxygens (including phenoxy) is 1. The van der Waals surface area contributed by atoms with Gasteiger partial charge in [0, 0.05) is 3.57 Å². The van der Waals surface area contributed by atoms with E-state index < -0.39 is 12.1 Å². The molecule has 0 saturated heterocycles. The van der Waals surface area contributed by atoms with Crippen LogP contribution in [0.3, 0.4) is 0 Å². The predicted molar refractivity (Wildman–Crippen MR) is 78.0 cm³/mol. The average molecular weight is 362 g/mol. The van der Waals surface area contributed by atoms with E-state index >= 15 is 0 Å². The minimum Gasteiger partial charge on any atom is -0.459 e. The van der Waals surface area contributed by atoms with Gasteiger partial charge < -0.3 is 4.74 Å². The van der Waals surface area contributed by atoms with Gasteiger partial charge in [-0.1, -0.05) is 25.6 Å². The molecular weight excluding hydrogens is 346 g/mol. The molecule has 0 bridgehead atoms. The van der Waals surface area contributed by atoms with Gasteiger partial charge >= 0.3 is 5.97 Å². The van der Waals surface area contributed by atoms with Crippen molar-refractivity contribution in [3.05, 3.63) is 45.6 Å². The molecule has 98 valence electrons. The molecule has 0 aromatic heterocycles. The maximum atomic E-state index is 14.1. The molecule has 1 rings (SSSR count). The Bertz CT molecular complexity index is 445. The fourth-order valence-corrected chi connectivity index (χ4v) is 1.88. The summed E-state index contributed by atoms with van der Waals surface area (Å²) in [7, 11) is 0. The fraction of sp³-hybridized carbons (Fsp3) is 0.357. The lowest BCUT2D eigenvalue weighted by Gasteiger charge is -2.15. The summed E-state index contributed by atoms with van der Waals surface area (Å²) in [6.07, 6.45) is -1.05. The van der Waals surface area contributed by atoms with E-state index in [0.29, 0.717) is 12.0 Å². The second-order valence-electron chi connectivity index (χ2n) is 4.07. The Balaban J connectivity index is 2.75. The van der Waals surface area contributed by atoms with Crippen LogP contribution in [0.15, 0.2) is 36.4 Å². The van der Waals surface area contributed by atoms with Crippen LogP contribution in [-0.4, -0.2) is 12.1 Å². The molecule has 0 N–H and O–H groups in total. The van der Waals surface area contributed by atoms with Crippen LogP contribution in [0.5, 0.6) is 0 Å². The van der Waals surface area contributed by atoms with E-state index in [4.69, 9.17) is 4.74 Å². The quantitative estimate of drug-likeness (QED) is 0.446. The first-order valence-electron chi connectivity index (χ1n) is 5.75. The SMILES string of the molecule is C=C(C(=O)OC(C)CC)C(F)c1cccc(I)c1. The Morgan fingerprint density at radius 3 is 2.78 bits per heavy atom. The highest BCUT2D eigenvalue weighted by molar-refractivity contribution is 14.1. The molecule has 1 aromatic rings. The van der Waals surface area contributed by atoms with Crippen molar-refractivity contribution in [2.45, 2.75) is 32.5 Å². The molecule has 0 amide bonds. The molecule has 0 spiro atoms. The molecule has 0 aliphatic rings. The summed E-state index contributed by atoms with van der Waals surface area (Å²) in [4.78, 5) is 11.6. The Labute approximate surface area is 120 Å². The Hall–Kier alpha value is -0.910. The van der Waals surface area contributed by atoms with Gasteiger partial charge in [0.05, 0.1) is 11.7 Å². The molecule has 0 aliphatic heterocycles. The maximum absolute atomic E-state index is 14.1. The van der Waals surface area contributed by atoms with E-state index in [0.717, 1.165) is 3.57 Å². The number of carbonyl (C=O) groups excluding carboxylic acids is 1. The van der Waals surface area contributed by atoms with Crippen LogP contribution in [-0.2, 0) is 9.53 Å². The fourth-order valence-electron chi connectivity index (χ4n) is 1.31. The predicted octanol–water partition coefficient (Wildman–Crippen LogP) is 4.20. The first-order valence-corrected chi connectivity index (χ1v) is 6.82. The van der Waals surface area contributed by atoms with Crippen molar-refractivity contribution in [3.8, 4) is 0 Å². The van der Waals surface area contributed by atoms with Gasteiger partial charge in [-0.15, -0.1) is 0 Å². The third-order valence-electron chi connectivity index (χ3n) is 2.59. The zero-order valence-corrected chi connectivity index (χ0v) is 12.6. The molecular formula is C14H16FIO2. The molecule has 18 heavy (non-hydrogen) atoms. The van der Waals surface area contributed by atoms with Crippen molar-refractivity contribution >= 4 is 28.6 Å². The number of hydrogen-bond donors (Lipinski definition) is 0. The van der Waals surface area contributed by atoms with E-state index in [1.807, 2.05) is 13.0 Å².